The zero-order valence-electron chi connectivity index (χ0n) is 28.9. The zero-order chi connectivity index (χ0) is 35.6. The Morgan fingerprint density at radius 3 is 2.22 bits per heavy atom. The normalized spacial score (nSPS) is 12.4. The maximum Gasteiger partial charge on any atom is 0.250 e. The fourth-order valence-corrected chi connectivity index (χ4v) is 7.34. The lowest BCUT2D eigenvalue weighted by molar-refractivity contribution is 0.0379. The molecule has 0 aliphatic rings. The second-order valence-corrected chi connectivity index (χ2v) is 13.9. The number of hydrogen-bond donors (Lipinski definition) is 0. The Bertz CT molecular complexity index is 2170. The average molecular weight is 702 g/mol. The number of rotatable bonds is 14. The van der Waals surface area contributed by atoms with Crippen LogP contribution < -0.4 is 15.0 Å². The molecule has 6 rings (SSSR count). The summed E-state index contributed by atoms with van der Waals surface area (Å²) >= 11 is 0. The predicted molar refractivity (Wildman–Crippen MR) is 203 cm³/mol. The number of aromatic nitrogens is 3. The number of halogens is 1. The van der Waals surface area contributed by atoms with E-state index in [0.29, 0.717) is 52.3 Å². The zero-order valence-corrected chi connectivity index (χ0v) is 29.7. The van der Waals surface area contributed by atoms with Crippen molar-refractivity contribution in [3.8, 4) is 34.0 Å². The van der Waals surface area contributed by atoms with E-state index in [-0.39, 0.29) is 17.5 Å². The molecule has 0 N–H and O–H groups in total. The van der Waals surface area contributed by atoms with Crippen molar-refractivity contribution in [1.82, 2.24) is 14.5 Å². The molecule has 51 heavy (non-hydrogen) atoms. The number of hydrogen-bond acceptors (Lipinski definition) is 6. The second-order valence-electron chi connectivity index (χ2n) is 11.8. The summed E-state index contributed by atoms with van der Waals surface area (Å²) in [5, 5.41) is 2.71. The molecule has 2 atom stereocenters. The molecule has 0 spiro atoms. The first-order valence-electron chi connectivity index (χ1n) is 16.7. The summed E-state index contributed by atoms with van der Waals surface area (Å²) in [6.45, 7) is 2.81. The minimum absolute atomic E-state index is 0.143. The Labute approximate surface area is 300 Å². The first kappa shape index (κ1) is 35.4. The number of benzene rings is 4. The lowest BCUT2D eigenvalue weighted by Crippen LogP contribution is -2.19. The minimum atomic E-state index is -0.504. The van der Waals surface area contributed by atoms with Crippen LogP contribution in [0.5, 0.6) is 11.5 Å². The van der Waals surface area contributed by atoms with Crippen LogP contribution in [0.2, 0.25) is 0 Å². The smallest absolute Gasteiger partial charge is 0.250 e. The molecule has 4 aromatic carbocycles. The van der Waals surface area contributed by atoms with E-state index in [9.17, 15) is 4.79 Å². The molecule has 0 aliphatic heterocycles. The lowest BCUT2D eigenvalue weighted by Gasteiger charge is -2.20. The van der Waals surface area contributed by atoms with Crippen molar-refractivity contribution in [1.29, 1.82) is 0 Å². The Morgan fingerprint density at radius 2 is 1.49 bits per heavy atom. The summed E-state index contributed by atoms with van der Waals surface area (Å²) in [5.74, 6) is 1.55. The Kier molecular flexibility index (Phi) is 11.8. The summed E-state index contributed by atoms with van der Waals surface area (Å²) in [6, 6.07) is 37.6. The summed E-state index contributed by atoms with van der Waals surface area (Å²) in [5.41, 5.74) is 5.08. The molecule has 0 saturated carbocycles. The second kappa shape index (κ2) is 17.0. The fourth-order valence-electron chi connectivity index (χ4n) is 5.81. The van der Waals surface area contributed by atoms with Gasteiger partial charge in [-0.05, 0) is 72.2 Å². The highest BCUT2D eigenvalue weighted by molar-refractivity contribution is 8.14. The van der Waals surface area contributed by atoms with E-state index in [2.05, 4.69) is 29.6 Å². The van der Waals surface area contributed by atoms with E-state index < -0.39 is 10.5 Å². The Balaban J connectivity index is 1.34. The highest BCUT2D eigenvalue weighted by Crippen LogP contribution is 2.34. The molecule has 7 nitrogen and oxygen atoms in total. The van der Waals surface area contributed by atoms with Crippen LogP contribution in [0.25, 0.3) is 22.5 Å². The van der Waals surface area contributed by atoms with Gasteiger partial charge in [-0.25, -0.2) is 14.4 Å². The van der Waals surface area contributed by atoms with Crippen molar-refractivity contribution in [2.24, 2.45) is 0 Å². The summed E-state index contributed by atoms with van der Waals surface area (Å²) in [6.07, 6.45) is 2.37. The van der Waals surface area contributed by atoms with Gasteiger partial charge < -0.3 is 18.8 Å². The fraction of sp³-hybridized carbons (Fsp3) is 0.190. The van der Waals surface area contributed by atoms with Crippen LogP contribution in [0, 0.1) is 5.82 Å². The Hall–Kier alpha value is -5.38. The van der Waals surface area contributed by atoms with E-state index in [0.717, 1.165) is 28.9 Å². The van der Waals surface area contributed by atoms with E-state index >= 15 is 4.39 Å². The van der Waals surface area contributed by atoms with Gasteiger partial charge in [0.2, 0.25) is 0 Å². The molecule has 0 radical (unpaired) electrons. The van der Waals surface area contributed by atoms with E-state index in [1.54, 1.807) is 55.3 Å². The SMILES string of the molecule is C/C=S(/CCC(OCc1ccccc1)c1ccccc1)c1nc(-c2ccc(=O)n(Cc3ccc(OC)c(OC)c3)c2)cc(-c2ccccc2F)n1. The van der Waals surface area contributed by atoms with Crippen molar-refractivity contribution < 1.29 is 18.6 Å². The molecule has 0 saturated heterocycles. The Morgan fingerprint density at radius 1 is 0.784 bits per heavy atom. The van der Waals surface area contributed by atoms with E-state index in [1.807, 2.05) is 61.5 Å². The maximum absolute atomic E-state index is 15.2. The monoisotopic (exact) mass is 701 g/mol. The van der Waals surface area contributed by atoms with Gasteiger partial charge in [-0.15, -0.1) is 10.5 Å². The summed E-state index contributed by atoms with van der Waals surface area (Å²) in [7, 11) is 2.66. The highest BCUT2D eigenvalue weighted by Gasteiger charge is 2.18. The third-order valence-electron chi connectivity index (χ3n) is 8.52. The van der Waals surface area contributed by atoms with E-state index in [4.69, 9.17) is 24.2 Å². The standard InChI is InChI=1S/C42H40FN3O4S/c1-4-51(24-23-38(32-15-9-6-10-16-32)50-29-30-13-7-5-8-14-30)42-44-36(26-37(45-42)34-17-11-12-18-35(34)43)33-20-22-41(47)46(28-33)27-31-19-21-39(48-2)40(25-31)49-3/h4-22,25-26,28,38H,23-24,27,29H2,1-3H3. The average Bonchev–Trinajstić information content (AvgIpc) is 3.17. The van der Waals surface area contributed by atoms with Gasteiger partial charge in [-0.2, -0.15) is 0 Å². The molecule has 6 aromatic rings. The molecular formula is C42H40FN3O4S. The number of ether oxygens (including phenoxy) is 3. The highest BCUT2D eigenvalue weighted by atomic mass is 32.2. The van der Waals surface area contributed by atoms with Gasteiger partial charge in [0.25, 0.3) is 5.56 Å². The molecule has 260 valence electrons. The molecule has 0 bridgehead atoms. The van der Waals surface area contributed by atoms with Crippen LogP contribution in [0.3, 0.4) is 0 Å². The minimum Gasteiger partial charge on any atom is -0.493 e. The molecule has 0 amide bonds. The van der Waals surface area contributed by atoms with Crippen LogP contribution in [0.1, 0.15) is 36.1 Å². The molecule has 2 unspecified atom stereocenters. The lowest BCUT2D eigenvalue weighted by atomic mass is 10.1. The largest absolute Gasteiger partial charge is 0.493 e. The van der Waals surface area contributed by atoms with Crippen molar-refractivity contribution in [2.45, 2.75) is 37.8 Å². The van der Waals surface area contributed by atoms with Crippen LogP contribution in [-0.2, 0) is 17.9 Å². The molecule has 9 heteroatoms. The van der Waals surface area contributed by atoms with E-state index in [1.165, 1.54) is 12.1 Å². The van der Waals surface area contributed by atoms with Gasteiger partial charge in [-0.3, -0.25) is 4.79 Å². The first-order chi connectivity index (χ1) is 24.9. The maximum atomic E-state index is 15.2. The first-order valence-corrected chi connectivity index (χ1v) is 18.2. The molecule has 2 heterocycles. The molecular weight excluding hydrogens is 662 g/mol. The van der Waals surface area contributed by atoms with Crippen molar-refractivity contribution in [2.75, 3.05) is 20.0 Å². The van der Waals surface area contributed by atoms with Gasteiger partial charge in [0.1, 0.15) is 5.82 Å². The van der Waals surface area contributed by atoms with Gasteiger partial charge in [0.05, 0.1) is 44.9 Å². The topological polar surface area (TPSA) is 75.5 Å². The van der Waals surface area contributed by atoms with Crippen molar-refractivity contribution in [3.63, 3.8) is 0 Å². The molecule has 2 aromatic heterocycles. The van der Waals surface area contributed by atoms with Crippen LogP contribution in [-0.4, -0.2) is 39.9 Å². The summed E-state index contributed by atoms with van der Waals surface area (Å²) in [4.78, 5) is 23.1. The van der Waals surface area contributed by atoms with Crippen LogP contribution in [0.15, 0.2) is 137 Å². The van der Waals surface area contributed by atoms with Crippen LogP contribution in [0.4, 0.5) is 4.39 Å². The number of nitrogens with zero attached hydrogens (tertiary/aromatic N) is 3. The number of methoxy groups -OCH3 is 2. The van der Waals surface area contributed by atoms with Crippen molar-refractivity contribution in [3.05, 3.63) is 160 Å². The van der Waals surface area contributed by atoms with Gasteiger partial charge in [0, 0.05) is 23.4 Å². The number of pyridine rings is 1. The summed E-state index contributed by atoms with van der Waals surface area (Å²) < 4.78 is 34.2. The van der Waals surface area contributed by atoms with Crippen LogP contribution >= 0.6 is 10.5 Å². The predicted octanol–water partition coefficient (Wildman–Crippen LogP) is 8.98. The molecule has 0 fully saturated rings. The van der Waals surface area contributed by atoms with Crippen molar-refractivity contribution >= 4 is 15.9 Å². The van der Waals surface area contributed by atoms with Gasteiger partial charge in [0.15, 0.2) is 16.7 Å². The quantitative estimate of drug-likeness (QED) is 0.0834. The third kappa shape index (κ3) is 8.86. The molecule has 0 aliphatic carbocycles. The third-order valence-corrected chi connectivity index (χ3v) is 10.4. The van der Waals surface area contributed by atoms with Gasteiger partial charge >= 0.3 is 0 Å². The van der Waals surface area contributed by atoms with Gasteiger partial charge in [-0.1, -0.05) is 84.2 Å².